The Morgan fingerprint density at radius 1 is 1.11 bits per heavy atom. The van der Waals surface area contributed by atoms with E-state index in [0.29, 0.717) is 16.9 Å². The molecule has 3 rings (SSSR count). The second kappa shape index (κ2) is 4.42. The standard InChI is InChI=1S/C14H9BrF2N2/c1-7-4-8(2-3-9(7)15)14-18-12-5-10(16)11(17)6-13(12)19-14/h2-6H,1H3,(H,18,19). The topological polar surface area (TPSA) is 28.7 Å². The number of imidazole rings is 1. The number of nitrogens with one attached hydrogen (secondary N) is 1. The second-order valence-corrected chi connectivity index (χ2v) is 5.19. The lowest BCUT2D eigenvalue weighted by atomic mass is 10.1. The number of aromatic amines is 1. The van der Waals surface area contributed by atoms with Crippen LogP contribution in [-0.2, 0) is 0 Å². The predicted octanol–water partition coefficient (Wildman–Crippen LogP) is 4.58. The van der Waals surface area contributed by atoms with Crippen LogP contribution >= 0.6 is 15.9 Å². The van der Waals surface area contributed by atoms with Crippen molar-refractivity contribution in [2.45, 2.75) is 6.92 Å². The minimum atomic E-state index is -0.891. The number of benzene rings is 2. The number of nitrogens with zero attached hydrogens (tertiary/aromatic N) is 1. The highest BCUT2D eigenvalue weighted by Crippen LogP contribution is 2.25. The highest BCUT2D eigenvalue weighted by Gasteiger charge is 2.10. The minimum absolute atomic E-state index is 0.412. The summed E-state index contributed by atoms with van der Waals surface area (Å²) in [7, 11) is 0. The molecule has 0 unspecified atom stereocenters. The normalized spacial score (nSPS) is 11.2. The van der Waals surface area contributed by atoms with Crippen molar-refractivity contribution in [3.63, 3.8) is 0 Å². The van der Waals surface area contributed by atoms with Gasteiger partial charge < -0.3 is 4.98 Å². The molecule has 19 heavy (non-hydrogen) atoms. The molecule has 3 aromatic rings. The molecule has 0 fully saturated rings. The lowest BCUT2D eigenvalue weighted by molar-refractivity contribution is 0.510. The van der Waals surface area contributed by atoms with Crippen molar-refractivity contribution in [3.8, 4) is 11.4 Å². The van der Waals surface area contributed by atoms with Gasteiger partial charge in [0.1, 0.15) is 5.82 Å². The van der Waals surface area contributed by atoms with Crippen molar-refractivity contribution in [2.24, 2.45) is 0 Å². The van der Waals surface area contributed by atoms with Crippen LogP contribution in [0.4, 0.5) is 8.78 Å². The summed E-state index contributed by atoms with van der Waals surface area (Å²) >= 11 is 3.43. The molecule has 0 amide bonds. The lowest BCUT2D eigenvalue weighted by Crippen LogP contribution is -1.82. The maximum atomic E-state index is 13.1. The first-order valence-corrected chi connectivity index (χ1v) is 6.45. The highest BCUT2D eigenvalue weighted by atomic mass is 79.9. The Balaban J connectivity index is 2.17. The van der Waals surface area contributed by atoms with Gasteiger partial charge in [-0.3, -0.25) is 0 Å². The maximum Gasteiger partial charge on any atom is 0.161 e. The number of hydrogen-bond acceptors (Lipinski definition) is 1. The number of halogens is 3. The van der Waals surface area contributed by atoms with Crippen LogP contribution in [0.1, 0.15) is 5.56 Å². The van der Waals surface area contributed by atoms with Gasteiger partial charge >= 0.3 is 0 Å². The summed E-state index contributed by atoms with van der Waals surface area (Å²) in [5.74, 6) is -1.18. The third-order valence-electron chi connectivity index (χ3n) is 2.96. The average Bonchev–Trinajstić information content (AvgIpc) is 2.76. The number of H-pyrrole nitrogens is 1. The van der Waals surface area contributed by atoms with Crippen LogP contribution in [-0.4, -0.2) is 9.97 Å². The monoisotopic (exact) mass is 322 g/mol. The van der Waals surface area contributed by atoms with E-state index in [9.17, 15) is 8.78 Å². The minimum Gasteiger partial charge on any atom is -0.338 e. The van der Waals surface area contributed by atoms with Crippen molar-refractivity contribution in [2.75, 3.05) is 0 Å². The van der Waals surface area contributed by atoms with Crippen molar-refractivity contribution in [1.82, 2.24) is 9.97 Å². The van der Waals surface area contributed by atoms with E-state index in [-0.39, 0.29) is 0 Å². The van der Waals surface area contributed by atoms with E-state index in [1.54, 1.807) is 0 Å². The zero-order valence-corrected chi connectivity index (χ0v) is 11.6. The van der Waals surface area contributed by atoms with Gasteiger partial charge in [0.05, 0.1) is 11.0 Å². The molecule has 0 saturated heterocycles. The molecule has 0 aliphatic heterocycles. The molecule has 0 spiro atoms. The Morgan fingerprint density at radius 2 is 1.84 bits per heavy atom. The fourth-order valence-corrected chi connectivity index (χ4v) is 2.18. The molecule has 0 atom stereocenters. The average molecular weight is 323 g/mol. The molecule has 2 nitrogen and oxygen atoms in total. The number of fused-ring (bicyclic) bond motifs is 1. The van der Waals surface area contributed by atoms with E-state index >= 15 is 0 Å². The van der Waals surface area contributed by atoms with E-state index in [4.69, 9.17) is 0 Å². The first kappa shape index (κ1) is 12.3. The van der Waals surface area contributed by atoms with Crippen LogP contribution in [0.25, 0.3) is 22.4 Å². The van der Waals surface area contributed by atoms with Crippen molar-refractivity contribution in [1.29, 1.82) is 0 Å². The predicted molar refractivity (Wildman–Crippen MR) is 73.9 cm³/mol. The van der Waals surface area contributed by atoms with Crippen LogP contribution in [0.3, 0.4) is 0 Å². The number of aryl methyl sites for hydroxylation is 1. The van der Waals surface area contributed by atoms with E-state index in [1.807, 2.05) is 25.1 Å². The summed E-state index contributed by atoms with van der Waals surface area (Å²) in [6, 6.07) is 7.97. The summed E-state index contributed by atoms with van der Waals surface area (Å²) in [5.41, 5.74) is 2.83. The molecule has 0 bridgehead atoms. The summed E-state index contributed by atoms with van der Waals surface area (Å²) in [5, 5.41) is 0. The molecule has 5 heteroatoms. The SMILES string of the molecule is Cc1cc(-c2nc3cc(F)c(F)cc3[nH]2)ccc1Br. The fourth-order valence-electron chi connectivity index (χ4n) is 1.93. The van der Waals surface area contributed by atoms with E-state index in [0.717, 1.165) is 27.7 Å². The van der Waals surface area contributed by atoms with E-state index in [2.05, 4.69) is 25.9 Å². The van der Waals surface area contributed by atoms with Crippen LogP contribution in [0.15, 0.2) is 34.8 Å². The van der Waals surface area contributed by atoms with Gasteiger partial charge in [-0.2, -0.15) is 0 Å². The molecule has 0 saturated carbocycles. The number of rotatable bonds is 1. The van der Waals surface area contributed by atoms with Gasteiger partial charge in [-0.15, -0.1) is 0 Å². The molecular formula is C14H9BrF2N2. The molecule has 0 aliphatic carbocycles. The summed E-state index contributed by atoms with van der Waals surface area (Å²) in [6.07, 6.45) is 0. The second-order valence-electron chi connectivity index (χ2n) is 4.33. The van der Waals surface area contributed by atoms with Gasteiger partial charge in [-0.05, 0) is 24.6 Å². The van der Waals surface area contributed by atoms with Crippen LogP contribution < -0.4 is 0 Å². The Labute approximate surface area is 116 Å². The number of aromatic nitrogens is 2. The Kier molecular flexibility index (Phi) is 2.86. The molecule has 0 aliphatic rings. The van der Waals surface area contributed by atoms with Crippen LogP contribution in [0.5, 0.6) is 0 Å². The first-order valence-electron chi connectivity index (χ1n) is 5.66. The number of hydrogen-bond donors (Lipinski definition) is 1. The third-order valence-corrected chi connectivity index (χ3v) is 3.85. The largest absolute Gasteiger partial charge is 0.338 e. The fraction of sp³-hybridized carbons (Fsp3) is 0.0714. The van der Waals surface area contributed by atoms with Crippen LogP contribution in [0.2, 0.25) is 0 Å². The molecule has 0 radical (unpaired) electrons. The summed E-state index contributed by atoms with van der Waals surface area (Å²) < 4.78 is 27.3. The van der Waals surface area contributed by atoms with Gasteiger partial charge in [-0.25, -0.2) is 13.8 Å². The smallest absolute Gasteiger partial charge is 0.161 e. The molecule has 96 valence electrons. The quantitative estimate of drug-likeness (QED) is 0.698. The summed E-state index contributed by atoms with van der Waals surface area (Å²) in [4.78, 5) is 7.27. The van der Waals surface area contributed by atoms with Crippen LogP contribution in [0, 0.1) is 18.6 Å². The van der Waals surface area contributed by atoms with Crippen molar-refractivity contribution >= 4 is 27.0 Å². The molecule has 1 heterocycles. The van der Waals surface area contributed by atoms with Gasteiger partial charge in [0.25, 0.3) is 0 Å². The Morgan fingerprint density at radius 3 is 2.58 bits per heavy atom. The zero-order chi connectivity index (χ0) is 13.6. The van der Waals surface area contributed by atoms with Gasteiger partial charge in [0, 0.05) is 22.2 Å². The van der Waals surface area contributed by atoms with E-state index < -0.39 is 11.6 Å². The molecule has 1 aromatic heterocycles. The van der Waals surface area contributed by atoms with Crippen molar-refractivity contribution < 1.29 is 8.78 Å². The highest BCUT2D eigenvalue weighted by molar-refractivity contribution is 9.10. The summed E-state index contributed by atoms with van der Waals surface area (Å²) in [6.45, 7) is 1.97. The third kappa shape index (κ3) is 2.14. The molecular weight excluding hydrogens is 314 g/mol. The first-order chi connectivity index (χ1) is 9.04. The van der Waals surface area contributed by atoms with Gasteiger partial charge in [0.15, 0.2) is 11.6 Å². The van der Waals surface area contributed by atoms with Gasteiger partial charge in [0.2, 0.25) is 0 Å². The molecule has 2 aromatic carbocycles. The Hall–Kier alpha value is -1.75. The van der Waals surface area contributed by atoms with Gasteiger partial charge in [-0.1, -0.05) is 22.0 Å². The van der Waals surface area contributed by atoms with E-state index in [1.165, 1.54) is 0 Å². The van der Waals surface area contributed by atoms with Crippen molar-refractivity contribution in [3.05, 3.63) is 52.0 Å². The zero-order valence-electron chi connectivity index (χ0n) is 9.97. The Bertz CT molecular complexity index is 741. The maximum absolute atomic E-state index is 13.1. The lowest BCUT2D eigenvalue weighted by Gasteiger charge is -2.00. The molecule has 1 N–H and O–H groups in total.